The molecule has 110 valence electrons. The van der Waals surface area contributed by atoms with E-state index < -0.39 is 5.97 Å². The second-order valence-electron chi connectivity index (χ2n) is 4.59. The lowest BCUT2D eigenvalue weighted by Crippen LogP contribution is -2.18. The molecule has 0 amide bonds. The van der Waals surface area contributed by atoms with Gasteiger partial charge in [-0.15, -0.1) is 0 Å². The zero-order valence-electron chi connectivity index (χ0n) is 12.0. The summed E-state index contributed by atoms with van der Waals surface area (Å²) in [4.78, 5) is 22.7. The van der Waals surface area contributed by atoms with Gasteiger partial charge in [-0.1, -0.05) is 12.1 Å². The Hall–Kier alpha value is -1.88. The van der Waals surface area contributed by atoms with E-state index in [9.17, 15) is 9.59 Å². The van der Waals surface area contributed by atoms with Crippen molar-refractivity contribution >= 4 is 11.8 Å². The molecule has 0 atom stereocenters. The molecule has 20 heavy (non-hydrogen) atoms. The third-order valence-corrected chi connectivity index (χ3v) is 2.40. The minimum atomic E-state index is -0.516. The molecule has 0 radical (unpaired) electrons. The van der Waals surface area contributed by atoms with Crippen LogP contribution in [0.5, 0.6) is 5.75 Å². The standard InChI is InChI=1S/C15H20O5/c1-11(2)20-15(17)8-13(16)10-19-9-12-4-6-14(18-3)7-5-12/h4-7,11H,8-10H2,1-3H3. The Bertz CT molecular complexity index is 436. The third-order valence-electron chi connectivity index (χ3n) is 2.40. The van der Waals surface area contributed by atoms with Crippen molar-refractivity contribution in [3.8, 4) is 5.75 Å². The van der Waals surface area contributed by atoms with Gasteiger partial charge in [-0.3, -0.25) is 9.59 Å². The SMILES string of the molecule is COc1ccc(COCC(=O)CC(=O)OC(C)C)cc1. The van der Waals surface area contributed by atoms with Gasteiger partial charge in [0.15, 0.2) is 5.78 Å². The van der Waals surface area contributed by atoms with Gasteiger partial charge in [-0.05, 0) is 31.5 Å². The van der Waals surface area contributed by atoms with Crippen LogP contribution in [0.3, 0.4) is 0 Å². The van der Waals surface area contributed by atoms with Crippen LogP contribution in [-0.2, 0) is 25.7 Å². The van der Waals surface area contributed by atoms with Crippen LogP contribution < -0.4 is 4.74 Å². The summed E-state index contributed by atoms with van der Waals surface area (Å²) < 4.78 is 15.2. The monoisotopic (exact) mass is 280 g/mol. The number of ketones is 1. The highest BCUT2D eigenvalue weighted by Crippen LogP contribution is 2.11. The lowest BCUT2D eigenvalue weighted by atomic mass is 10.2. The summed E-state index contributed by atoms with van der Waals surface area (Å²) in [5, 5.41) is 0. The van der Waals surface area contributed by atoms with Crippen molar-refractivity contribution in [2.45, 2.75) is 33.0 Å². The molecular formula is C15H20O5. The molecule has 5 nitrogen and oxygen atoms in total. The molecule has 0 saturated heterocycles. The van der Waals surface area contributed by atoms with Crippen LogP contribution in [0.15, 0.2) is 24.3 Å². The van der Waals surface area contributed by atoms with E-state index >= 15 is 0 Å². The number of hydrogen-bond acceptors (Lipinski definition) is 5. The van der Waals surface area contributed by atoms with E-state index in [1.54, 1.807) is 21.0 Å². The van der Waals surface area contributed by atoms with Crippen molar-refractivity contribution in [3.63, 3.8) is 0 Å². The number of carbonyl (C=O) groups is 2. The van der Waals surface area contributed by atoms with E-state index in [1.165, 1.54) is 0 Å². The predicted octanol–water partition coefficient (Wildman–Crippen LogP) is 2.12. The maximum atomic E-state index is 11.5. The Morgan fingerprint density at radius 1 is 1.15 bits per heavy atom. The number of esters is 1. The molecule has 0 saturated carbocycles. The maximum absolute atomic E-state index is 11.5. The van der Waals surface area contributed by atoms with Crippen molar-refractivity contribution in [2.24, 2.45) is 0 Å². The van der Waals surface area contributed by atoms with E-state index in [0.717, 1.165) is 11.3 Å². The van der Waals surface area contributed by atoms with Crippen molar-refractivity contribution in [1.82, 2.24) is 0 Å². The summed E-state index contributed by atoms with van der Waals surface area (Å²) in [6.45, 7) is 3.69. The topological polar surface area (TPSA) is 61.8 Å². The lowest BCUT2D eigenvalue weighted by Gasteiger charge is -2.08. The molecule has 0 aliphatic rings. The number of carbonyl (C=O) groups excluding carboxylic acids is 2. The van der Waals surface area contributed by atoms with Crippen LogP contribution in [0.1, 0.15) is 25.8 Å². The summed E-state index contributed by atoms with van der Waals surface area (Å²) in [7, 11) is 1.60. The first-order valence-corrected chi connectivity index (χ1v) is 6.43. The fourth-order valence-corrected chi connectivity index (χ4v) is 1.52. The molecule has 0 unspecified atom stereocenters. The molecule has 0 heterocycles. The maximum Gasteiger partial charge on any atom is 0.313 e. The summed E-state index contributed by atoms with van der Waals surface area (Å²) in [6.07, 6.45) is -0.462. The van der Waals surface area contributed by atoms with Gasteiger partial charge in [0.2, 0.25) is 0 Å². The summed E-state index contributed by atoms with van der Waals surface area (Å²) >= 11 is 0. The summed E-state index contributed by atoms with van der Waals surface area (Å²) in [5.41, 5.74) is 0.934. The molecule has 0 spiro atoms. The molecule has 0 bridgehead atoms. The quantitative estimate of drug-likeness (QED) is 0.539. The Morgan fingerprint density at radius 3 is 2.35 bits per heavy atom. The van der Waals surface area contributed by atoms with Crippen molar-refractivity contribution in [1.29, 1.82) is 0 Å². The van der Waals surface area contributed by atoms with Gasteiger partial charge in [0, 0.05) is 0 Å². The number of Topliss-reactive ketones (excluding diaryl/α,β-unsaturated/α-hetero) is 1. The van der Waals surface area contributed by atoms with E-state index in [-0.39, 0.29) is 24.9 Å². The van der Waals surface area contributed by atoms with Crippen LogP contribution in [-0.4, -0.2) is 31.6 Å². The highest BCUT2D eigenvalue weighted by atomic mass is 16.5. The van der Waals surface area contributed by atoms with Gasteiger partial charge in [0.05, 0.1) is 19.8 Å². The zero-order chi connectivity index (χ0) is 15.0. The zero-order valence-corrected chi connectivity index (χ0v) is 12.0. The second-order valence-corrected chi connectivity index (χ2v) is 4.59. The number of rotatable bonds is 8. The van der Waals surface area contributed by atoms with Crippen LogP contribution in [0.2, 0.25) is 0 Å². The summed E-state index contributed by atoms with van der Waals surface area (Å²) in [6, 6.07) is 7.35. The van der Waals surface area contributed by atoms with Gasteiger partial charge >= 0.3 is 5.97 Å². The fraction of sp³-hybridized carbons (Fsp3) is 0.467. The minimum absolute atomic E-state index is 0.0980. The Kier molecular flexibility index (Phi) is 6.73. The fourth-order valence-electron chi connectivity index (χ4n) is 1.52. The number of hydrogen-bond donors (Lipinski definition) is 0. The molecule has 0 aromatic heterocycles. The van der Waals surface area contributed by atoms with E-state index in [0.29, 0.717) is 6.61 Å². The molecular weight excluding hydrogens is 260 g/mol. The molecule has 0 N–H and O–H groups in total. The molecule has 0 aliphatic heterocycles. The smallest absolute Gasteiger partial charge is 0.313 e. The van der Waals surface area contributed by atoms with Crippen LogP contribution in [0.25, 0.3) is 0 Å². The highest BCUT2D eigenvalue weighted by Gasteiger charge is 2.12. The average molecular weight is 280 g/mol. The third kappa shape index (κ3) is 6.33. The Morgan fingerprint density at radius 2 is 1.80 bits per heavy atom. The Balaban J connectivity index is 2.25. The largest absolute Gasteiger partial charge is 0.497 e. The van der Waals surface area contributed by atoms with Crippen molar-refractivity contribution in [2.75, 3.05) is 13.7 Å². The predicted molar refractivity (Wildman–Crippen MR) is 73.5 cm³/mol. The number of methoxy groups -OCH3 is 1. The number of ether oxygens (including phenoxy) is 3. The van der Waals surface area contributed by atoms with Gasteiger partial charge in [0.1, 0.15) is 18.8 Å². The van der Waals surface area contributed by atoms with Gasteiger partial charge in [-0.25, -0.2) is 0 Å². The van der Waals surface area contributed by atoms with Gasteiger partial charge in [0.25, 0.3) is 0 Å². The highest BCUT2D eigenvalue weighted by molar-refractivity contribution is 5.96. The molecule has 1 aromatic rings. The van der Waals surface area contributed by atoms with E-state index in [1.807, 2.05) is 24.3 Å². The van der Waals surface area contributed by atoms with Gasteiger partial charge < -0.3 is 14.2 Å². The van der Waals surface area contributed by atoms with Crippen LogP contribution in [0, 0.1) is 0 Å². The molecule has 0 fully saturated rings. The normalized spacial score (nSPS) is 10.4. The first-order valence-electron chi connectivity index (χ1n) is 6.43. The van der Waals surface area contributed by atoms with E-state index in [2.05, 4.69) is 0 Å². The number of benzene rings is 1. The molecule has 0 aliphatic carbocycles. The van der Waals surface area contributed by atoms with Crippen molar-refractivity contribution in [3.05, 3.63) is 29.8 Å². The van der Waals surface area contributed by atoms with Crippen LogP contribution in [0.4, 0.5) is 0 Å². The average Bonchev–Trinajstić information content (AvgIpc) is 2.38. The van der Waals surface area contributed by atoms with Gasteiger partial charge in [-0.2, -0.15) is 0 Å². The first-order chi connectivity index (χ1) is 9.51. The Labute approximate surface area is 118 Å². The van der Waals surface area contributed by atoms with E-state index in [4.69, 9.17) is 14.2 Å². The van der Waals surface area contributed by atoms with Crippen LogP contribution >= 0.6 is 0 Å². The van der Waals surface area contributed by atoms with Crippen molar-refractivity contribution < 1.29 is 23.8 Å². The second kappa shape index (κ2) is 8.32. The minimum Gasteiger partial charge on any atom is -0.497 e. The molecule has 1 rings (SSSR count). The summed E-state index contributed by atoms with van der Waals surface area (Å²) in [5.74, 6) is -0.0385. The first kappa shape index (κ1) is 16.2. The lowest BCUT2D eigenvalue weighted by molar-refractivity contribution is -0.150. The molecule has 1 aromatic carbocycles. The molecule has 5 heteroatoms.